The van der Waals surface area contributed by atoms with Crippen molar-refractivity contribution in [3.05, 3.63) is 136 Å². The minimum absolute atomic E-state index is 0.164. The molecule has 0 aromatic heterocycles. The van der Waals surface area contributed by atoms with Gasteiger partial charge in [-0.2, -0.15) is 0 Å². The number of rotatable bonds is 6. The lowest BCUT2D eigenvalue weighted by atomic mass is 9.64. The van der Waals surface area contributed by atoms with E-state index in [1.165, 1.54) is 0 Å². The molecule has 4 atom stereocenters. The van der Waals surface area contributed by atoms with Gasteiger partial charge in [-0.1, -0.05) is 104 Å². The monoisotopic (exact) mass is 594 g/mol. The van der Waals surface area contributed by atoms with Gasteiger partial charge in [-0.25, -0.2) is 0 Å². The van der Waals surface area contributed by atoms with Crippen LogP contribution in [0, 0.1) is 25.7 Å². The van der Waals surface area contributed by atoms with Crippen LogP contribution in [-0.2, 0) is 16.6 Å². The summed E-state index contributed by atoms with van der Waals surface area (Å²) in [7, 11) is 0. The third kappa shape index (κ3) is 4.40. The molecule has 1 spiro atoms. The third-order valence-corrected chi connectivity index (χ3v) is 9.90. The number of nitrogens with zero attached hydrogens (tertiary/aromatic N) is 1. The maximum absolute atomic E-state index is 15.1. The lowest BCUT2D eigenvalue weighted by molar-refractivity contribution is -0.121. The normalized spacial score (nSPS) is 23.0. The number of Topliss-reactive ketones (excluding diaryl/α,β-unsaturated/α-hetero) is 2. The van der Waals surface area contributed by atoms with Crippen LogP contribution in [0.1, 0.15) is 69.3 Å². The molecule has 0 aliphatic carbocycles. The first-order chi connectivity index (χ1) is 21.6. The van der Waals surface area contributed by atoms with Gasteiger partial charge in [0.1, 0.15) is 11.5 Å². The first-order valence-electron chi connectivity index (χ1n) is 15.8. The van der Waals surface area contributed by atoms with Crippen LogP contribution in [0.4, 0.5) is 11.4 Å². The zero-order chi connectivity index (χ0) is 31.6. The van der Waals surface area contributed by atoms with Crippen molar-refractivity contribution in [2.45, 2.75) is 58.5 Å². The van der Waals surface area contributed by atoms with Gasteiger partial charge in [-0.05, 0) is 68.0 Å². The van der Waals surface area contributed by atoms with Gasteiger partial charge in [0.25, 0.3) is 0 Å². The van der Waals surface area contributed by atoms with Crippen LogP contribution in [0.15, 0.2) is 97.1 Å². The molecule has 3 aliphatic rings. The van der Waals surface area contributed by atoms with Crippen molar-refractivity contribution < 1.29 is 14.4 Å². The fraction of sp³-hybridized carbons (Fsp3) is 0.275. The van der Waals surface area contributed by atoms with Gasteiger partial charge in [0.2, 0.25) is 5.91 Å². The molecule has 1 amide bonds. The van der Waals surface area contributed by atoms with E-state index in [1.54, 1.807) is 0 Å². The van der Waals surface area contributed by atoms with E-state index in [1.807, 2.05) is 91.9 Å². The number of amides is 1. The van der Waals surface area contributed by atoms with E-state index < -0.39 is 23.4 Å². The Morgan fingerprint density at radius 2 is 1.47 bits per heavy atom. The van der Waals surface area contributed by atoms with Crippen LogP contribution in [0.2, 0.25) is 0 Å². The van der Waals surface area contributed by atoms with Crippen molar-refractivity contribution in [3.63, 3.8) is 0 Å². The number of carbonyl (C=O) groups excluding carboxylic acids is 3. The Hall–Kier alpha value is -4.77. The van der Waals surface area contributed by atoms with Crippen molar-refractivity contribution in [2.24, 2.45) is 11.8 Å². The van der Waals surface area contributed by atoms with Crippen LogP contribution in [0.3, 0.4) is 0 Å². The summed E-state index contributed by atoms with van der Waals surface area (Å²) in [4.78, 5) is 46.7. The molecule has 4 aromatic rings. The number of ketones is 2. The second kappa shape index (κ2) is 10.7. The highest BCUT2D eigenvalue weighted by atomic mass is 16.2. The van der Waals surface area contributed by atoms with E-state index in [2.05, 4.69) is 50.1 Å². The fourth-order valence-electron chi connectivity index (χ4n) is 7.89. The van der Waals surface area contributed by atoms with Crippen molar-refractivity contribution in [1.82, 2.24) is 0 Å². The standard InChI is InChI=1S/C40H38N2O3/c1-23(2)20-27-13-17-28(18-14-27)37(43)35-36(38(44)29-15-10-24(3)11-16-29)42-33-19-12-25(4)21-30(33)26(5)22-34(42)40(35)31-8-6-7-9-32(31)41-39(40)45/h6-19,21-23,34-36H,20H2,1-5H3,(H,41,45)/t34-,35-,36-,40-/m0/s1. The molecule has 226 valence electrons. The lowest BCUT2D eigenvalue weighted by Gasteiger charge is -2.39. The molecule has 45 heavy (non-hydrogen) atoms. The molecule has 5 nitrogen and oxygen atoms in total. The van der Waals surface area contributed by atoms with E-state index in [-0.39, 0.29) is 17.5 Å². The van der Waals surface area contributed by atoms with Crippen LogP contribution in [0.5, 0.6) is 0 Å². The van der Waals surface area contributed by atoms with Crippen LogP contribution >= 0.6 is 0 Å². The number of aryl methyl sites for hydroxylation is 2. The SMILES string of the molecule is CC1=C[C@@H]2N(c3ccc(C)cc31)[C@H](C(=O)c1ccc(C)cc1)[C@@H](C(=O)c1ccc(CC(C)C)cc1)[C@@]21C(=O)Nc2ccccc21. The van der Waals surface area contributed by atoms with E-state index in [0.29, 0.717) is 22.7 Å². The summed E-state index contributed by atoms with van der Waals surface area (Å²) >= 11 is 0. The number of carbonyl (C=O) groups is 3. The zero-order valence-corrected chi connectivity index (χ0v) is 26.4. The Morgan fingerprint density at radius 3 is 2.18 bits per heavy atom. The molecule has 3 heterocycles. The molecule has 3 aliphatic heterocycles. The summed E-state index contributed by atoms with van der Waals surface area (Å²) < 4.78 is 0. The summed E-state index contributed by atoms with van der Waals surface area (Å²) in [5.41, 5.74) is 7.38. The predicted octanol–water partition coefficient (Wildman–Crippen LogP) is 7.75. The summed E-state index contributed by atoms with van der Waals surface area (Å²) in [5, 5.41) is 3.13. The van der Waals surface area contributed by atoms with Gasteiger partial charge in [0.05, 0.1) is 12.0 Å². The largest absolute Gasteiger partial charge is 0.352 e. The van der Waals surface area contributed by atoms with Crippen molar-refractivity contribution >= 4 is 34.4 Å². The Kier molecular flexibility index (Phi) is 6.88. The summed E-state index contributed by atoms with van der Waals surface area (Å²) in [6.07, 6.45) is 3.01. The smallest absolute Gasteiger partial charge is 0.238 e. The van der Waals surface area contributed by atoms with Crippen LogP contribution in [0.25, 0.3) is 5.57 Å². The second-order valence-electron chi connectivity index (χ2n) is 13.4. The van der Waals surface area contributed by atoms with Gasteiger partial charge in [0, 0.05) is 28.1 Å². The number of hydrogen-bond acceptors (Lipinski definition) is 4. The number of hydrogen-bond donors (Lipinski definition) is 1. The average Bonchev–Trinajstić information content (AvgIpc) is 3.49. The molecule has 0 bridgehead atoms. The van der Waals surface area contributed by atoms with E-state index in [0.717, 1.165) is 45.5 Å². The Balaban J connectivity index is 1.50. The number of benzene rings is 4. The summed E-state index contributed by atoms with van der Waals surface area (Å²) in [6.45, 7) is 10.4. The first kappa shape index (κ1) is 29.0. The van der Waals surface area contributed by atoms with Gasteiger partial charge in [0.15, 0.2) is 11.6 Å². The number of allylic oxidation sites excluding steroid dienone is 1. The van der Waals surface area contributed by atoms with E-state index in [9.17, 15) is 9.59 Å². The molecule has 1 saturated heterocycles. The number of anilines is 2. The Morgan fingerprint density at radius 1 is 0.822 bits per heavy atom. The van der Waals surface area contributed by atoms with E-state index in [4.69, 9.17) is 0 Å². The molecule has 1 N–H and O–H groups in total. The quantitative estimate of drug-likeness (QED) is 0.232. The van der Waals surface area contributed by atoms with Gasteiger partial charge in [-0.15, -0.1) is 0 Å². The third-order valence-electron chi connectivity index (χ3n) is 9.90. The molecule has 4 aromatic carbocycles. The van der Waals surface area contributed by atoms with E-state index >= 15 is 4.79 Å². The maximum atomic E-state index is 15.1. The Labute approximate surface area is 265 Å². The van der Waals surface area contributed by atoms with Gasteiger partial charge < -0.3 is 10.2 Å². The number of nitrogens with one attached hydrogen (secondary N) is 1. The van der Waals surface area contributed by atoms with Crippen LogP contribution < -0.4 is 10.2 Å². The zero-order valence-electron chi connectivity index (χ0n) is 26.4. The minimum Gasteiger partial charge on any atom is -0.352 e. The van der Waals surface area contributed by atoms with Gasteiger partial charge in [-0.3, -0.25) is 14.4 Å². The highest BCUT2D eigenvalue weighted by molar-refractivity contribution is 6.18. The lowest BCUT2D eigenvalue weighted by Crippen LogP contribution is -2.51. The fourth-order valence-corrected chi connectivity index (χ4v) is 7.89. The highest BCUT2D eigenvalue weighted by Crippen LogP contribution is 2.59. The highest BCUT2D eigenvalue weighted by Gasteiger charge is 2.70. The summed E-state index contributed by atoms with van der Waals surface area (Å²) in [6, 6.07) is 27.7. The molecule has 5 heteroatoms. The molecule has 0 radical (unpaired) electrons. The first-order valence-corrected chi connectivity index (χ1v) is 15.8. The van der Waals surface area contributed by atoms with Crippen molar-refractivity contribution in [3.8, 4) is 0 Å². The van der Waals surface area contributed by atoms with Gasteiger partial charge >= 0.3 is 0 Å². The predicted molar refractivity (Wildman–Crippen MR) is 180 cm³/mol. The molecule has 7 rings (SSSR count). The average molecular weight is 595 g/mol. The summed E-state index contributed by atoms with van der Waals surface area (Å²) in [5.74, 6) is -1.10. The number of fused-ring (bicyclic) bond motifs is 6. The molecular formula is C40H38N2O3. The number of para-hydroxylation sites is 1. The minimum atomic E-state index is -1.32. The molecule has 0 saturated carbocycles. The maximum Gasteiger partial charge on any atom is 0.238 e. The molecule has 0 unspecified atom stereocenters. The molecule has 1 fully saturated rings. The second-order valence-corrected chi connectivity index (χ2v) is 13.4. The van der Waals surface area contributed by atoms with Crippen LogP contribution in [-0.4, -0.2) is 29.6 Å². The van der Waals surface area contributed by atoms with Crippen molar-refractivity contribution in [1.29, 1.82) is 0 Å². The Bertz CT molecular complexity index is 1890. The molecular weight excluding hydrogens is 556 g/mol. The van der Waals surface area contributed by atoms with Crippen molar-refractivity contribution in [2.75, 3.05) is 10.2 Å². The topological polar surface area (TPSA) is 66.5 Å².